The van der Waals surface area contributed by atoms with Gasteiger partial charge in [-0.1, -0.05) is 32.0 Å². The van der Waals surface area contributed by atoms with Gasteiger partial charge in [0.15, 0.2) is 5.17 Å². The van der Waals surface area contributed by atoms with Crippen LogP contribution in [0.15, 0.2) is 4.99 Å². The van der Waals surface area contributed by atoms with Crippen molar-refractivity contribution in [3.63, 3.8) is 0 Å². The number of aliphatic hydroxyl groups is 3. The molecule has 0 aromatic rings. The Kier molecular flexibility index (Phi) is 5.68. The van der Waals surface area contributed by atoms with E-state index in [4.69, 9.17) is 4.74 Å². The molecule has 2 aliphatic heterocycles. The van der Waals surface area contributed by atoms with Crippen LogP contribution in [-0.2, 0) is 4.74 Å². The molecular formula is C13H24N2O4S. The second-order valence-electron chi connectivity index (χ2n) is 5.28. The summed E-state index contributed by atoms with van der Waals surface area (Å²) >= 11 is 1.41. The van der Waals surface area contributed by atoms with Crippen LogP contribution in [0.4, 0.5) is 0 Å². The number of hydrogen-bond acceptors (Lipinski definition) is 6. The molecule has 0 aliphatic carbocycles. The highest BCUT2D eigenvalue weighted by atomic mass is 32.2. The maximum Gasteiger partial charge on any atom is 0.159 e. The molecule has 2 rings (SSSR count). The van der Waals surface area contributed by atoms with Crippen molar-refractivity contribution >= 4 is 16.9 Å². The third-order valence-corrected chi connectivity index (χ3v) is 4.71. The van der Waals surface area contributed by atoms with E-state index in [-0.39, 0.29) is 11.5 Å². The van der Waals surface area contributed by atoms with Crippen molar-refractivity contribution in [3.8, 4) is 0 Å². The summed E-state index contributed by atoms with van der Waals surface area (Å²) < 4.78 is 5.78. The molecule has 2 heterocycles. The molecule has 6 atom stereocenters. The van der Waals surface area contributed by atoms with Gasteiger partial charge in [0.05, 0.1) is 12.1 Å². The van der Waals surface area contributed by atoms with E-state index < -0.39 is 24.4 Å². The Labute approximate surface area is 123 Å². The molecule has 0 spiro atoms. The minimum Gasteiger partial charge on any atom is -0.390 e. The zero-order valence-electron chi connectivity index (χ0n) is 11.9. The van der Waals surface area contributed by atoms with Gasteiger partial charge in [-0.15, -0.1) is 0 Å². The van der Waals surface area contributed by atoms with Crippen LogP contribution in [-0.4, -0.2) is 62.9 Å². The number of thioether (sulfide) groups is 1. The first-order valence-electron chi connectivity index (χ1n) is 7.25. The minimum atomic E-state index is -1.09. The van der Waals surface area contributed by atoms with E-state index in [0.29, 0.717) is 6.42 Å². The molecule has 20 heavy (non-hydrogen) atoms. The Bertz CT molecular complexity index is 355. The SMILES string of the molecule is CCCN=C1NC2C(OC([C@@H](O)CCC)C(O)C2O)S1. The van der Waals surface area contributed by atoms with Crippen LogP contribution < -0.4 is 5.32 Å². The van der Waals surface area contributed by atoms with Crippen molar-refractivity contribution in [1.29, 1.82) is 0 Å². The Morgan fingerprint density at radius 1 is 1.30 bits per heavy atom. The lowest BCUT2D eigenvalue weighted by Crippen LogP contribution is -2.61. The molecule has 4 N–H and O–H groups in total. The third-order valence-electron chi connectivity index (χ3n) is 3.60. The lowest BCUT2D eigenvalue weighted by molar-refractivity contribution is -0.188. The Morgan fingerprint density at radius 3 is 2.70 bits per heavy atom. The van der Waals surface area contributed by atoms with Crippen LogP contribution in [0.2, 0.25) is 0 Å². The number of nitrogens with zero attached hydrogens (tertiary/aromatic N) is 1. The maximum atomic E-state index is 10.2. The fraction of sp³-hybridized carbons (Fsp3) is 0.923. The smallest absolute Gasteiger partial charge is 0.159 e. The second kappa shape index (κ2) is 7.09. The Balaban J connectivity index is 2.04. The topological polar surface area (TPSA) is 94.3 Å². The minimum absolute atomic E-state index is 0.319. The van der Waals surface area contributed by atoms with Crippen molar-refractivity contribution in [2.75, 3.05) is 6.54 Å². The summed E-state index contributed by atoms with van der Waals surface area (Å²) in [4.78, 5) is 4.36. The third kappa shape index (κ3) is 3.28. The molecule has 2 fully saturated rings. The summed E-state index contributed by atoms with van der Waals surface area (Å²) in [5, 5.41) is 34.2. The van der Waals surface area contributed by atoms with Gasteiger partial charge in [0.2, 0.25) is 0 Å². The molecule has 116 valence electrons. The number of amidine groups is 1. The number of hydrogen-bond donors (Lipinski definition) is 4. The van der Waals surface area contributed by atoms with Crippen molar-refractivity contribution < 1.29 is 20.1 Å². The summed E-state index contributed by atoms with van der Waals surface area (Å²) in [5.74, 6) is 0. The van der Waals surface area contributed by atoms with Gasteiger partial charge in [-0.25, -0.2) is 0 Å². The lowest BCUT2D eigenvalue weighted by atomic mass is 9.93. The van der Waals surface area contributed by atoms with Crippen LogP contribution >= 0.6 is 11.8 Å². The highest BCUT2D eigenvalue weighted by Crippen LogP contribution is 2.35. The van der Waals surface area contributed by atoms with Crippen molar-refractivity contribution in [2.24, 2.45) is 4.99 Å². The summed E-state index contributed by atoms with van der Waals surface area (Å²) in [6.45, 7) is 4.72. The van der Waals surface area contributed by atoms with Gasteiger partial charge in [0.1, 0.15) is 23.7 Å². The molecule has 2 saturated heterocycles. The zero-order valence-corrected chi connectivity index (χ0v) is 12.7. The molecule has 0 saturated carbocycles. The standard InChI is InChI=1S/C13H24N2O4S/c1-3-5-7(16)11-10(18)9(17)8-12(19-11)20-13(15-8)14-6-4-2/h7-12,16-18H,3-6H2,1-2H3,(H,14,15)/t7-,8?,9?,10?,11?,12?/m0/s1. The van der Waals surface area contributed by atoms with E-state index in [9.17, 15) is 15.3 Å². The van der Waals surface area contributed by atoms with Crippen molar-refractivity contribution in [2.45, 2.75) is 69.0 Å². The van der Waals surface area contributed by atoms with E-state index in [0.717, 1.165) is 24.6 Å². The van der Waals surface area contributed by atoms with Crippen molar-refractivity contribution in [3.05, 3.63) is 0 Å². The van der Waals surface area contributed by atoms with Gasteiger partial charge in [-0.3, -0.25) is 4.99 Å². The highest BCUT2D eigenvalue weighted by molar-refractivity contribution is 8.14. The van der Waals surface area contributed by atoms with E-state index in [2.05, 4.69) is 10.3 Å². The number of nitrogens with one attached hydrogen (secondary N) is 1. The van der Waals surface area contributed by atoms with E-state index >= 15 is 0 Å². The Hall–Kier alpha value is -0.340. The zero-order chi connectivity index (χ0) is 14.7. The lowest BCUT2D eigenvalue weighted by Gasteiger charge is -2.40. The number of ether oxygens (including phenoxy) is 1. The predicted octanol–water partition coefficient (Wildman–Crippen LogP) is 0.0651. The van der Waals surface area contributed by atoms with Gasteiger partial charge in [-0.2, -0.15) is 0 Å². The van der Waals surface area contributed by atoms with Crippen LogP contribution in [0.25, 0.3) is 0 Å². The molecule has 6 nitrogen and oxygen atoms in total. The summed E-state index contributed by atoms with van der Waals surface area (Å²) in [7, 11) is 0. The van der Waals surface area contributed by atoms with Crippen LogP contribution in [0.3, 0.4) is 0 Å². The first-order valence-corrected chi connectivity index (χ1v) is 8.13. The molecule has 2 aliphatic rings. The second-order valence-corrected chi connectivity index (χ2v) is 6.37. The first kappa shape index (κ1) is 16.0. The largest absolute Gasteiger partial charge is 0.390 e. The average Bonchev–Trinajstić information content (AvgIpc) is 2.84. The molecule has 0 aromatic heterocycles. The van der Waals surface area contributed by atoms with Gasteiger partial charge < -0.3 is 25.4 Å². The number of rotatable bonds is 5. The fourth-order valence-corrected chi connectivity index (χ4v) is 3.65. The van der Waals surface area contributed by atoms with Crippen LogP contribution in [0.5, 0.6) is 0 Å². The summed E-state index contributed by atoms with van der Waals surface area (Å²) in [5.41, 5.74) is -0.319. The molecule has 0 bridgehead atoms. The van der Waals surface area contributed by atoms with Gasteiger partial charge in [0.25, 0.3) is 0 Å². The van der Waals surface area contributed by atoms with Crippen LogP contribution in [0, 0.1) is 0 Å². The van der Waals surface area contributed by atoms with Gasteiger partial charge >= 0.3 is 0 Å². The number of fused-ring (bicyclic) bond motifs is 1. The Morgan fingerprint density at radius 2 is 2.05 bits per heavy atom. The normalized spacial score (nSPS) is 40.5. The van der Waals surface area contributed by atoms with E-state index in [1.807, 2.05) is 13.8 Å². The maximum absolute atomic E-state index is 10.2. The molecule has 7 heteroatoms. The monoisotopic (exact) mass is 304 g/mol. The van der Waals surface area contributed by atoms with Gasteiger partial charge in [-0.05, 0) is 12.8 Å². The quantitative estimate of drug-likeness (QED) is 0.574. The molecule has 0 amide bonds. The summed E-state index contributed by atoms with van der Waals surface area (Å²) in [6.07, 6.45) is -1.27. The number of aliphatic imine (C=N–C) groups is 1. The summed E-state index contributed by atoms with van der Waals surface area (Å²) in [6, 6.07) is -0.379. The molecule has 0 aromatic carbocycles. The van der Waals surface area contributed by atoms with E-state index in [1.54, 1.807) is 0 Å². The van der Waals surface area contributed by atoms with E-state index in [1.165, 1.54) is 11.8 Å². The van der Waals surface area contributed by atoms with Gasteiger partial charge in [0, 0.05) is 6.54 Å². The molecule has 0 radical (unpaired) electrons. The molecular weight excluding hydrogens is 280 g/mol. The number of aliphatic hydroxyl groups excluding tert-OH is 3. The predicted molar refractivity (Wildman–Crippen MR) is 78.7 cm³/mol. The van der Waals surface area contributed by atoms with Crippen LogP contribution in [0.1, 0.15) is 33.1 Å². The highest BCUT2D eigenvalue weighted by Gasteiger charge is 2.50. The molecule has 5 unspecified atom stereocenters. The first-order chi connectivity index (χ1) is 9.58. The van der Waals surface area contributed by atoms with Crippen molar-refractivity contribution in [1.82, 2.24) is 5.32 Å². The average molecular weight is 304 g/mol. The fourth-order valence-electron chi connectivity index (χ4n) is 2.50.